The molecular weight excluding hydrogens is 278 g/mol. The maximum absolute atomic E-state index is 8.59. The molecule has 0 amide bonds. The van der Waals surface area contributed by atoms with Crippen LogP contribution >= 0.6 is 12.9 Å². The molecule has 0 aromatic carbocycles. The molecular formula is C6H9N9O3S. The van der Waals surface area contributed by atoms with Crippen LogP contribution in [0.15, 0.2) is 0 Å². The second-order valence-corrected chi connectivity index (χ2v) is 2.90. The standard InChI is InChI=1S/C3H6N6.C3H3N3O3S/c4-1-7-2(5)9-3(6)8-1;7-1-4-2(8)6-3(5-1)9-10/h(H6,4,5,6,7,8,9);10H,(H2,4,5,6,7,8). The molecule has 0 unspecified atom stereocenters. The first-order valence-corrected chi connectivity index (χ1v) is 4.75. The van der Waals surface area contributed by atoms with Gasteiger partial charge in [-0.15, -0.1) is 15.0 Å². The molecule has 8 N–H and O–H groups in total. The highest BCUT2D eigenvalue weighted by molar-refractivity contribution is 7.75. The van der Waals surface area contributed by atoms with Gasteiger partial charge in [-0.1, -0.05) is 0 Å². The van der Waals surface area contributed by atoms with Gasteiger partial charge in [-0.2, -0.15) is 15.0 Å². The third-order valence-corrected chi connectivity index (χ3v) is 1.52. The summed E-state index contributed by atoms with van der Waals surface area (Å²) in [7, 11) is 0. The minimum atomic E-state index is -0.614. The lowest BCUT2D eigenvalue weighted by Gasteiger charge is -1.94. The van der Waals surface area contributed by atoms with Gasteiger partial charge in [-0.25, -0.2) is 0 Å². The summed E-state index contributed by atoms with van der Waals surface area (Å²) in [6.45, 7) is 0. The van der Waals surface area contributed by atoms with Crippen LogP contribution in [-0.4, -0.2) is 40.1 Å². The number of anilines is 3. The molecule has 2 heterocycles. The highest BCUT2D eigenvalue weighted by Gasteiger charge is 2.02. The van der Waals surface area contributed by atoms with E-state index in [0.29, 0.717) is 0 Å². The lowest BCUT2D eigenvalue weighted by molar-refractivity contribution is 0.369. The summed E-state index contributed by atoms with van der Waals surface area (Å²) in [5.74, 6) is 0.125. The summed E-state index contributed by atoms with van der Waals surface area (Å²) >= 11 is 3.33. The van der Waals surface area contributed by atoms with Crippen LogP contribution in [-0.2, 0) is 0 Å². The number of hydrogen-bond donors (Lipinski definition) is 6. The van der Waals surface area contributed by atoms with E-state index in [-0.39, 0.29) is 23.9 Å². The number of nitrogens with two attached hydrogens (primary N) is 3. The molecule has 12 nitrogen and oxygen atoms in total. The Balaban J connectivity index is 0.000000191. The van der Waals surface area contributed by atoms with Crippen molar-refractivity contribution >= 4 is 30.8 Å². The zero-order valence-electron chi connectivity index (χ0n) is 9.17. The highest BCUT2D eigenvalue weighted by atomic mass is 32.1. The summed E-state index contributed by atoms with van der Waals surface area (Å²) in [4.78, 5) is 20.0. The Morgan fingerprint density at radius 1 is 0.737 bits per heavy atom. The van der Waals surface area contributed by atoms with Gasteiger partial charge in [0.05, 0.1) is 0 Å². The molecule has 19 heavy (non-hydrogen) atoms. The minimum Gasteiger partial charge on any atom is -0.479 e. The van der Waals surface area contributed by atoms with Crippen molar-refractivity contribution in [3.05, 3.63) is 0 Å². The summed E-state index contributed by atoms with van der Waals surface area (Å²) in [5, 5.41) is 17.2. The average Bonchev–Trinajstić information content (AvgIpc) is 2.26. The number of hydrogen-bond acceptors (Lipinski definition) is 13. The Morgan fingerprint density at radius 3 is 1.42 bits per heavy atom. The predicted octanol–water partition coefficient (Wildman–Crippen LogP) is -1.88. The topological polar surface area (TPSA) is 205 Å². The Hall–Kier alpha value is -2.83. The predicted molar refractivity (Wildman–Crippen MR) is 65.8 cm³/mol. The molecule has 0 saturated carbocycles. The first kappa shape index (κ1) is 14.2. The molecule has 0 aliphatic carbocycles. The van der Waals surface area contributed by atoms with Crippen LogP contribution in [0.1, 0.15) is 0 Å². The fourth-order valence-electron chi connectivity index (χ4n) is 0.803. The summed E-state index contributed by atoms with van der Waals surface area (Å²) in [6.07, 6.45) is 0. The van der Waals surface area contributed by atoms with Crippen molar-refractivity contribution in [1.29, 1.82) is 0 Å². The van der Waals surface area contributed by atoms with Crippen LogP contribution in [0.4, 0.5) is 17.8 Å². The quantitative estimate of drug-likeness (QED) is 0.252. The van der Waals surface area contributed by atoms with E-state index in [1.807, 2.05) is 0 Å². The van der Waals surface area contributed by atoms with Gasteiger partial charge in [0.1, 0.15) is 0 Å². The molecule has 102 valence electrons. The van der Waals surface area contributed by atoms with Crippen molar-refractivity contribution in [2.45, 2.75) is 0 Å². The van der Waals surface area contributed by atoms with E-state index < -0.39 is 12.0 Å². The summed E-state index contributed by atoms with van der Waals surface area (Å²) < 4.78 is 4.19. The Labute approximate surface area is 111 Å². The monoisotopic (exact) mass is 287 g/mol. The lowest BCUT2D eigenvalue weighted by atomic mass is 10.9. The van der Waals surface area contributed by atoms with Gasteiger partial charge in [0.15, 0.2) is 0 Å². The normalized spacial score (nSPS) is 9.32. The van der Waals surface area contributed by atoms with E-state index in [9.17, 15) is 0 Å². The molecule has 0 atom stereocenters. The maximum Gasteiger partial charge on any atom is 0.338 e. The van der Waals surface area contributed by atoms with Crippen molar-refractivity contribution in [2.75, 3.05) is 17.2 Å². The summed E-state index contributed by atoms with van der Waals surface area (Å²) in [5.41, 5.74) is 15.4. The van der Waals surface area contributed by atoms with Gasteiger partial charge in [0.2, 0.25) is 17.8 Å². The van der Waals surface area contributed by atoms with Crippen molar-refractivity contribution in [1.82, 2.24) is 29.9 Å². The molecule has 0 aliphatic rings. The maximum atomic E-state index is 8.59. The molecule has 0 spiro atoms. The van der Waals surface area contributed by atoms with E-state index >= 15 is 0 Å². The SMILES string of the molecule is Nc1nc(N)nc(N)n1.Oc1nc(O)nc(OS)n1. The highest BCUT2D eigenvalue weighted by Crippen LogP contribution is 2.11. The van der Waals surface area contributed by atoms with E-state index in [1.54, 1.807) is 0 Å². The van der Waals surface area contributed by atoms with Gasteiger partial charge in [0.25, 0.3) is 0 Å². The number of aromatic nitrogens is 6. The number of nitrogens with zero attached hydrogens (tertiary/aromatic N) is 6. The van der Waals surface area contributed by atoms with Crippen LogP contribution in [0.3, 0.4) is 0 Å². The van der Waals surface area contributed by atoms with E-state index in [1.165, 1.54) is 0 Å². The zero-order valence-corrected chi connectivity index (χ0v) is 10.1. The van der Waals surface area contributed by atoms with Gasteiger partial charge < -0.3 is 31.6 Å². The molecule has 0 aliphatic heterocycles. The molecule has 0 fully saturated rings. The first-order chi connectivity index (χ1) is 8.90. The number of rotatable bonds is 1. The smallest absolute Gasteiger partial charge is 0.338 e. The van der Waals surface area contributed by atoms with E-state index in [2.05, 4.69) is 47.0 Å². The number of nitrogen functional groups attached to an aromatic ring is 3. The van der Waals surface area contributed by atoms with Crippen LogP contribution in [0.5, 0.6) is 18.0 Å². The largest absolute Gasteiger partial charge is 0.479 e. The average molecular weight is 287 g/mol. The molecule has 2 aromatic rings. The van der Waals surface area contributed by atoms with Gasteiger partial charge >= 0.3 is 18.0 Å². The molecule has 2 rings (SSSR count). The van der Waals surface area contributed by atoms with Crippen molar-refractivity contribution < 1.29 is 14.4 Å². The first-order valence-electron chi connectivity index (χ1n) is 4.38. The lowest BCUT2D eigenvalue weighted by Crippen LogP contribution is -2.05. The van der Waals surface area contributed by atoms with Crippen molar-refractivity contribution in [2.24, 2.45) is 0 Å². The van der Waals surface area contributed by atoms with E-state index in [0.717, 1.165) is 0 Å². The van der Waals surface area contributed by atoms with Crippen LogP contribution in [0, 0.1) is 0 Å². The van der Waals surface area contributed by atoms with Gasteiger partial charge in [0, 0.05) is 12.9 Å². The summed E-state index contributed by atoms with van der Waals surface area (Å²) in [6, 6.07) is -1.48. The molecule has 0 radical (unpaired) electrons. The zero-order chi connectivity index (χ0) is 14.4. The van der Waals surface area contributed by atoms with Gasteiger partial charge in [-0.3, -0.25) is 0 Å². The minimum absolute atomic E-state index is 0.0417. The third-order valence-electron chi connectivity index (χ3n) is 1.36. The second kappa shape index (κ2) is 6.20. The van der Waals surface area contributed by atoms with Crippen molar-refractivity contribution in [3.8, 4) is 18.0 Å². The number of aromatic hydroxyl groups is 2. The molecule has 0 saturated heterocycles. The Morgan fingerprint density at radius 2 is 1.11 bits per heavy atom. The fraction of sp³-hybridized carbons (Fsp3) is 0. The molecule has 13 heteroatoms. The van der Waals surface area contributed by atoms with Crippen LogP contribution in [0.2, 0.25) is 0 Å². The third kappa shape index (κ3) is 4.90. The number of thiol groups is 1. The molecule has 2 aromatic heterocycles. The van der Waals surface area contributed by atoms with Crippen molar-refractivity contribution in [3.63, 3.8) is 0 Å². The fourth-order valence-corrected chi connectivity index (χ4v) is 0.885. The van der Waals surface area contributed by atoms with Gasteiger partial charge in [-0.05, 0) is 0 Å². The Bertz CT molecular complexity index is 497. The van der Waals surface area contributed by atoms with E-state index in [4.69, 9.17) is 27.4 Å². The Kier molecular flexibility index (Phi) is 4.64. The van der Waals surface area contributed by atoms with Crippen LogP contribution < -0.4 is 21.4 Å². The molecule has 0 bridgehead atoms. The second-order valence-electron chi connectivity index (χ2n) is 2.72. The van der Waals surface area contributed by atoms with Crippen LogP contribution in [0.25, 0.3) is 0 Å².